The summed E-state index contributed by atoms with van der Waals surface area (Å²) in [5.74, 6) is 0.763. The molecule has 0 bridgehead atoms. The molecule has 0 saturated carbocycles. The number of hydrogen-bond donors (Lipinski definition) is 1. The van der Waals surface area contributed by atoms with Gasteiger partial charge in [-0.2, -0.15) is 0 Å². The summed E-state index contributed by atoms with van der Waals surface area (Å²) in [6.07, 6.45) is 4.08. The molecule has 0 aliphatic rings. The average Bonchev–Trinajstić information content (AvgIpc) is 3.09. The zero-order valence-electron chi connectivity index (χ0n) is 12.8. The highest BCUT2D eigenvalue weighted by Crippen LogP contribution is 2.20. The smallest absolute Gasteiger partial charge is 0.247 e. The topological polar surface area (TPSA) is 80.9 Å². The van der Waals surface area contributed by atoms with Crippen molar-refractivity contribution in [3.8, 4) is 11.5 Å². The quantitative estimate of drug-likeness (QED) is 0.744. The molecule has 0 atom stereocenters. The van der Waals surface area contributed by atoms with Crippen molar-refractivity contribution in [2.45, 2.75) is 19.4 Å². The van der Waals surface area contributed by atoms with Crippen molar-refractivity contribution in [1.29, 1.82) is 0 Å². The van der Waals surface area contributed by atoms with E-state index in [0.29, 0.717) is 29.8 Å². The summed E-state index contributed by atoms with van der Waals surface area (Å²) < 4.78 is 5.57. The molecule has 3 rings (SSSR count). The molecule has 0 aliphatic carbocycles. The Labute approximate surface area is 143 Å². The first kappa shape index (κ1) is 16.1. The summed E-state index contributed by atoms with van der Waals surface area (Å²) in [5.41, 5.74) is 1.74. The Morgan fingerprint density at radius 2 is 2.00 bits per heavy atom. The Balaban J connectivity index is 1.50. The molecule has 0 radical (unpaired) electrons. The van der Waals surface area contributed by atoms with Crippen LogP contribution in [0, 0.1) is 0 Å². The van der Waals surface area contributed by atoms with Crippen molar-refractivity contribution in [2.24, 2.45) is 0 Å². The van der Waals surface area contributed by atoms with E-state index in [2.05, 4.69) is 20.5 Å². The number of hydrogen-bond acceptors (Lipinski definition) is 5. The lowest BCUT2D eigenvalue weighted by molar-refractivity contribution is -0.121. The summed E-state index contributed by atoms with van der Waals surface area (Å²) >= 11 is 5.85. The van der Waals surface area contributed by atoms with Crippen molar-refractivity contribution in [3.05, 3.63) is 65.3 Å². The number of aromatic nitrogens is 3. The molecule has 2 heterocycles. The molecule has 3 aromatic rings. The van der Waals surface area contributed by atoms with Crippen LogP contribution < -0.4 is 5.32 Å². The van der Waals surface area contributed by atoms with E-state index in [9.17, 15) is 4.79 Å². The van der Waals surface area contributed by atoms with Crippen molar-refractivity contribution in [2.75, 3.05) is 0 Å². The molecule has 122 valence electrons. The number of nitrogens with zero attached hydrogens (tertiary/aromatic N) is 3. The first-order valence-electron chi connectivity index (χ1n) is 7.44. The molecule has 2 aromatic heterocycles. The molecule has 0 spiro atoms. The van der Waals surface area contributed by atoms with Gasteiger partial charge in [0.25, 0.3) is 0 Å². The summed E-state index contributed by atoms with van der Waals surface area (Å²) in [5, 5.41) is 11.4. The Hall–Kier alpha value is -2.73. The fourth-order valence-corrected chi connectivity index (χ4v) is 2.20. The van der Waals surface area contributed by atoms with Gasteiger partial charge in [-0.25, -0.2) is 0 Å². The number of aryl methyl sites for hydroxylation is 1. The van der Waals surface area contributed by atoms with E-state index in [1.165, 1.54) is 0 Å². The predicted octanol–water partition coefficient (Wildman–Crippen LogP) is 3.03. The SMILES string of the molecule is O=C(CCc1nnc(-c2ccc(Cl)cc2)o1)NCc1cccnc1. The van der Waals surface area contributed by atoms with Crippen LogP contribution in [0.15, 0.2) is 53.2 Å². The zero-order chi connectivity index (χ0) is 16.8. The van der Waals surface area contributed by atoms with Gasteiger partial charge < -0.3 is 9.73 Å². The molecule has 0 saturated heterocycles. The third-order valence-electron chi connectivity index (χ3n) is 3.34. The molecule has 1 N–H and O–H groups in total. The van der Waals surface area contributed by atoms with Crippen LogP contribution >= 0.6 is 11.6 Å². The molecule has 1 amide bonds. The maximum Gasteiger partial charge on any atom is 0.247 e. The van der Waals surface area contributed by atoms with Crippen molar-refractivity contribution < 1.29 is 9.21 Å². The highest BCUT2D eigenvalue weighted by Gasteiger charge is 2.10. The van der Waals surface area contributed by atoms with Gasteiger partial charge in [-0.05, 0) is 35.9 Å². The third-order valence-corrected chi connectivity index (χ3v) is 3.59. The summed E-state index contributed by atoms with van der Waals surface area (Å²) in [6, 6.07) is 10.9. The maximum absolute atomic E-state index is 11.9. The van der Waals surface area contributed by atoms with Crippen molar-refractivity contribution >= 4 is 17.5 Å². The van der Waals surface area contributed by atoms with Crippen LogP contribution in [0.1, 0.15) is 17.9 Å². The number of rotatable bonds is 6. The van der Waals surface area contributed by atoms with Gasteiger partial charge in [0.2, 0.25) is 17.7 Å². The number of halogens is 1. The number of benzene rings is 1. The van der Waals surface area contributed by atoms with Crippen LogP contribution in [-0.2, 0) is 17.8 Å². The van der Waals surface area contributed by atoms with E-state index in [-0.39, 0.29) is 12.3 Å². The summed E-state index contributed by atoms with van der Waals surface area (Å²) in [6.45, 7) is 0.451. The number of nitrogens with one attached hydrogen (secondary N) is 1. The summed E-state index contributed by atoms with van der Waals surface area (Å²) in [4.78, 5) is 15.9. The first-order valence-corrected chi connectivity index (χ1v) is 7.82. The fourth-order valence-electron chi connectivity index (χ4n) is 2.08. The van der Waals surface area contributed by atoms with E-state index >= 15 is 0 Å². The normalized spacial score (nSPS) is 10.5. The van der Waals surface area contributed by atoms with Gasteiger partial charge in [0.1, 0.15) is 0 Å². The van der Waals surface area contributed by atoms with Crippen LogP contribution in [0.25, 0.3) is 11.5 Å². The minimum atomic E-state index is -0.0786. The van der Waals surface area contributed by atoms with Crippen LogP contribution in [-0.4, -0.2) is 21.1 Å². The zero-order valence-corrected chi connectivity index (χ0v) is 13.5. The van der Waals surface area contributed by atoms with Gasteiger partial charge in [-0.15, -0.1) is 10.2 Å². The van der Waals surface area contributed by atoms with E-state index < -0.39 is 0 Å². The van der Waals surface area contributed by atoms with E-state index in [0.717, 1.165) is 11.1 Å². The minimum absolute atomic E-state index is 0.0786. The van der Waals surface area contributed by atoms with Crippen molar-refractivity contribution in [1.82, 2.24) is 20.5 Å². The second kappa shape index (κ2) is 7.70. The Kier molecular flexibility index (Phi) is 5.18. The average molecular weight is 343 g/mol. The molecular weight excluding hydrogens is 328 g/mol. The third kappa shape index (κ3) is 4.39. The highest BCUT2D eigenvalue weighted by molar-refractivity contribution is 6.30. The lowest BCUT2D eigenvalue weighted by Gasteiger charge is -2.03. The Morgan fingerprint density at radius 3 is 2.75 bits per heavy atom. The second-order valence-electron chi connectivity index (χ2n) is 5.15. The fraction of sp³-hybridized carbons (Fsp3) is 0.176. The molecule has 1 aromatic carbocycles. The summed E-state index contributed by atoms with van der Waals surface area (Å²) in [7, 11) is 0. The van der Waals surface area contributed by atoms with Gasteiger partial charge >= 0.3 is 0 Å². The maximum atomic E-state index is 11.9. The molecular formula is C17H15ClN4O2. The first-order chi connectivity index (χ1) is 11.7. The van der Waals surface area contributed by atoms with Gasteiger partial charge in [-0.3, -0.25) is 9.78 Å². The van der Waals surface area contributed by atoms with Crippen LogP contribution in [0.3, 0.4) is 0 Å². The van der Waals surface area contributed by atoms with Gasteiger partial charge in [0.05, 0.1) is 0 Å². The standard InChI is InChI=1S/C17H15ClN4O2/c18-14-5-3-13(4-6-14)17-22-21-16(24-17)8-7-15(23)20-11-12-2-1-9-19-10-12/h1-6,9-10H,7-8,11H2,(H,20,23). The number of carbonyl (C=O) groups excluding carboxylic acids is 1. The molecule has 0 aliphatic heterocycles. The van der Waals surface area contributed by atoms with E-state index in [4.69, 9.17) is 16.0 Å². The van der Waals surface area contributed by atoms with Crippen molar-refractivity contribution in [3.63, 3.8) is 0 Å². The Bertz CT molecular complexity index is 803. The largest absolute Gasteiger partial charge is 0.421 e. The van der Waals surface area contributed by atoms with Crippen LogP contribution in [0.2, 0.25) is 5.02 Å². The van der Waals surface area contributed by atoms with E-state index in [1.54, 1.807) is 36.7 Å². The Morgan fingerprint density at radius 1 is 1.17 bits per heavy atom. The molecule has 0 fully saturated rings. The molecule has 0 unspecified atom stereocenters. The number of carbonyl (C=O) groups is 1. The monoisotopic (exact) mass is 342 g/mol. The highest BCUT2D eigenvalue weighted by atomic mass is 35.5. The second-order valence-corrected chi connectivity index (χ2v) is 5.58. The molecule has 6 nitrogen and oxygen atoms in total. The lowest BCUT2D eigenvalue weighted by Crippen LogP contribution is -2.23. The molecule has 24 heavy (non-hydrogen) atoms. The molecule has 7 heteroatoms. The van der Waals surface area contributed by atoms with Gasteiger partial charge in [-0.1, -0.05) is 17.7 Å². The predicted molar refractivity (Wildman–Crippen MR) is 89.1 cm³/mol. The van der Waals surface area contributed by atoms with E-state index in [1.807, 2.05) is 12.1 Å². The van der Waals surface area contributed by atoms with Gasteiger partial charge in [0.15, 0.2) is 0 Å². The van der Waals surface area contributed by atoms with Crippen LogP contribution in [0.4, 0.5) is 0 Å². The lowest BCUT2D eigenvalue weighted by atomic mass is 10.2. The van der Waals surface area contributed by atoms with Crippen LogP contribution in [0.5, 0.6) is 0 Å². The minimum Gasteiger partial charge on any atom is -0.421 e. The van der Waals surface area contributed by atoms with Gasteiger partial charge in [0, 0.05) is 42.4 Å². The number of amides is 1. The number of pyridine rings is 1.